The van der Waals surface area contributed by atoms with Crippen molar-refractivity contribution in [3.63, 3.8) is 0 Å². The number of hydrogen-bond acceptors (Lipinski definition) is 3. The smallest absolute Gasteiger partial charge is 0.276 e. The molecule has 22 heavy (non-hydrogen) atoms. The van der Waals surface area contributed by atoms with Crippen LogP contribution < -0.4 is 0 Å². The quantitative estimate of drug-likeness (QED) is 0.923. The zero-order chi connectivity index (χ0) is 15.7. The number of halogens is 1. The third-order valence-corrected chi connectivity index (χ3v) is 3.90. The minimum absolute atomic E-state index is 0.271. The van der Waals surface area contributed by atoms with Crippen LogP contribution in [0.25, 0.3) is 0 Å². The Balaban J connectivity index is 2.01. The summed E-state index contributed by atoms with van der Waals surface area (Å²) in [4.78, 5) is 12.7. The van der Waals surface area contributed by atoms with Crippen LogP contribution in [0.3, 0.4) is 0 Å². The molecule has 0 aromatic heterocycles. The van der Waals surface area contributed by atoms with Crippen LogP contribution in [0.5, 0.6) is 0 Å². The Labute approximate surface area is 133 Å². The Morgan fingerprint density at radius 1 is 1.18 bits per heavy atom. The van der Waals surface area contributed by atoms with Gasteiger partial charge in [0.25, 0.3) is 5.91 Å². The molecule has 1 heterocycles. The second-order valence-corrected chi connectivity index (χ2v) is 5.75. The molecule has 5 heteroatoms. The molecule has 2 aromatic carbocycles. The van der Waals surface area contributed by atoms with Crippen molar-refractivity contribution in [2.75, 3.05) is 0 Å². The molecule has 1 atom stereocenters. The van der Waals surface area contributed by atoms with Gasteiger partial charge in [-0.2, -0.15) is 10.1 Å². The highest BCUT2D eigenvalue weighted by molar-refractivity contribution is 6.30. The van der Waals surface area contributed by atoms with E-state index in [0.29, 0.717) is 21.9 Å². The highest BCUT2D eigenvalue weighted by atomic mass is 35.5. The van der Waals surface area contributed by atoms with Gasteiger partial charge >= 0.3 is 0 Å². The number of hydrogen-bond donors (Lipinski definition) is 1. The molecule has 1 unspecified atom stereocenters. The molecule has 0 radical (unpaired) electrons. The first kappa shape index (κ1) is 14.8. The fourth-order valence-corrected chi connectivity index (χ4v) is 2.70. The van der Waals surface area contributed by atoms with Gasteiger partial charge < -0.3 is 5.11 Å². The standard InChI is InChI=1S/C17H15ClN2O2/c1-12-11-17(22,14-7-9-15(18)10-8-14)20(19-12)16(21)13-5-3-2-4-6-13/h2-10,22H,11H2,1H3. The predicted octanol–water partition coefficient (Wildman–Crippen LogP) is 3.41. The normalized spacial score (nSPS) is 20.9. The van der Waals surface area contributed by atoms with Crippen LogP contribution >= 0.6 is 11.6 Å². The van der Waals surface area contributed by atoms with E-state index in [1.54, 1.807) is 55.5 Å². The van der Waals surface area contributed by atoms with Gasteiger partial charge in [0, 0.05) is 28.3 Å². The Kier molecular flexibility index (Phi) is 3.72. The van der Waals surface area contributed by atoms with Crippen molar-refractivity contribution < 1.29 is 9.90 Å². The van der Waals surface area contributed by atoms with E-state index >= 15 is 0 Å². The highest BCUT2D eigenvalue weighted by Gasteiger charge is 2.45. The second-order valence-electron chi connectivity index (χ2n) is 5.32. The van der Waals surface area contributed by atoms with Gasteiger partial charge in [0.2, 0.25) is 0 Å². The second kappa shape index (κ2) is 5.55. The third kappa shape index (κ3) is 2.51. The lowest BCUT2D eigenvalue weighted by Gasteiger charge is -2.31. The van der Waals surface area contributed by atoms with E-state index in [9.17, 15) is 9.90 Å². The summed E-state index contributed by atoms with van der Waals surface area (Å²) in [5.41, 5.74) is 0.276. The lowest BCUT2D eigenvalue weighted by atomic mass is 9.97. The molecule has 2 aromatic rings. The molecule has 1 N–H and O–H groups in total. The molecule has 0 bridgehead atoms. The molecule has 1 aliphatic heterocycles. The number of benzene rings is 2. The molecule has 0 saturated carbocycles. The Bertz CT molecular complexity index is 728. The number of carbonyl (C=O) groups excluding carboxylic acids is 1. The summed E-state index contributed by atoms with van der Waals surface area (Å²) < 4.78 is 0. The van der Waals surface area contributed by atoms with E-state index in [1.807, 2.05) is 6.07 Å². The van der Waals surface area contributed by atoms with Crippen molar-refractivity contribution in [1.82, 2.24) is 5.01 Å². The molecule has 112 valence electrons. The first-order valence-corrected chi connectivity index (χ1v) is 7.30. The molecule has 0 aliphatic carbocycles. The van der Waals surface area contributed by atoms with Gasteiger partial charge in [-0.1, -0.05) is 41.9 Å². The molecule has 0 fully saturated rings. The lowest BCUT2D eigenvalue weighted by molar-refractivity contribution is -0.0765. The highest BCUT2D eigenvalue weighted by Crippen LogP contribution is 2.36. The zero-order valence-corrected chi connectivity index (χ0v) is 12.8. The third-order valence-electron chi connectivity index (χ3n) is 3.64. The van der Waals surface area contributed by atoms with Crippen molar-refractivity contribution in [3.05, 3.63) is 70.7 Å². The van der Waals surface area contributed by atoms with Crippen LogP contribution in [0.2, 0.25) is 5.02 Å². The van der Waals surface area contributed by atoms with Crippen molar-refractivity contribution in [2.24, 2.45) is 5.10 Å². The minimum atomic E-state index is -1.48. The molecule has 4 nitrogen and oxygen atoms in total. The number of nitrogens with zero attached hydrogens (tertiary/aromatic N) is 2. The largest absolute Gasteiger partial charge is 0.365 e. The number of rotatable bonds is 2. The van der Waals surface area contributed by atoms with Gasteiger partial charge in [0.05, 0.1) is 0 Å². The lowest BCUT2D eigenvalue weighted by Crippen LogP contribution is -2.43. The number of hydrazone groups is 1. The maximum absolute atomic E-state index is 12.7. The van der Waals surface area contributed by atoms with E-state index in [2.05, 4.69) is 5.10 Å². The van der Waals surface area contributed by atoms with Gasteiger partial charge in [-0.05, 0) is 31.2 Å². The fourth-order valence-electron chi connectivity index (χ4n) is 2.58. The first-order valence-electron chi connectivity index (χ1n) is 6.93. The molecular weight excluding hydrogens is 300 g/mol. The fraction of sp³-hybridized carbons (Fsp3) is 0.176. The van der Waals surface area contributed by atoms with E-state index in [1.165, 1.54) is 0 Å². The number of carbonyl (C=O) groups is 1. The monoisotopic (exact) mass is 314 g/mol. The number of amides is 1. The minimum Gasteiger partial charge on any atom is -0.365 e. The SMILES string of the molecule is CC1=NN(C(=O)c2ccccc2)C(O)(c2ccc(Cl)cc2)C1. The van der Waals surface area contributed by atoms with Gasteiger partial charge in [0.15, 0.2) is 5.72 Å². The van der Waals surface area contributed by atoms with E-state index in [4.69, 9.17) is 11.6 Å². The Morgan fingerprint density at radius 3 is 2.45 bits per heavy atom. The van der Waals surface area contributed by atoms with Crippen LogP contribution in [-0.2, 0) is 5.72 Å². The molecule has 1 aliphatic rings. The average molecular weight is 315 g/mol. The van der Waals surface area contributed by atoms with Gasteiger partial charge in [0.1, 0.15) is 0 Å². The maximum Gasteiger partial charge on any atom is 0.276 e. The summed E-state index contributed by atoms with van der Waals surface area (Å²) in [5, 5.41) is 17.0. The van der Waals surface area contributed by atoms with Crippen molar-refractivity contribution in [1.29, 1.82) is 0 Å². The summed E-state index contributed by atoms with van der Waals surface area (Å²) in [7, 11) is 0. The van der Waals surface area contributed by atoms with Crippen LogP contribution in [0.15, 0.2) is 59.7 Å². The van der Waals surface area contributed by atoms with Gasteiger partial charge in [-0.3, -0.25) is 4.79 Å². The molecule has 1 amide bonds. The summed E-state index contributed by atoms with van der Waals surface area (Å²) in [5.74, 6) is -0.338. The van der Waals surface area contributed by atoms with Crippen LogP contribution in [0.1, 0.15) is 29.3 Å². The summed E-state index contributed by atoms with van der Waals surface area (Å²) in [6.07, 6.45) is 0.271. The van der Waals surface area contributed by atoms with Crippen LogP contribution in [-0.4, -0.2) is 21.7 Å². The molecular formula is C17H15ClN2O2. The zero-order valence-electron chi connectivity index (χ0n) is 12.0. The maximum atomic E-state index is 12.7. The van der Waals surface area contributed by atoms with Crippen molar-refractivity contribution in [2.45, 2.75) is 19.1 Å². The van der Waals surface area contributed by atoms with Gasteiger partial charge in [-0.15, -0.1) is 0 Å². The number of aliphatic hydroxyl groups is 1. The summed E-state index contributed by atoms with van der Waals surface area (Å²) in [6.45, 7) is 1.79. The Hall–Kier alpha value is -2.17. The topological polar surface area (TPSA) is 52.9 Å². The van der Waals surface area contributed by atoms with Crippen LogP contribution in [0.4, 0.5) is 0 Å². The van der Waals surface area contributed by atoms with E-state index in [-0.39, 0.29) is 12.3 Å². The first-order chi connectivity index (χ1) is 10.5. The Morgan fingerprint density at radius 2 is 1.82 bits per heavy atom. The molecule has 0 saturated heterocycles. The van der Waals surface area contributed by atoms with Crippen molar-refractivity contribution in [3.8, 4) is 0 Å². The van der Waals surface area contributed by atoms with E-state index < -0.39 is 5.72 Å². The summed E-state index contributed by atoms with van der Waals surface area (Å²) >= 11 is 5.90. The molecule has 3 rings (SSSR count). The molecule has 0 spiro atoms. The average Bonchev–Trinajstić information content (AvgIpc) is 2.84. The summed E-state index contributed by atoms with van der Waals surface area (Å²) in [6, 6.07) is 15.6. The predicted molar refractivity (Wildman–Crippen MR) is 85.7 cm³/mol. The van der Waals surface area contributed by atoms with Crippen LogP contribution in [0, 0.1) is 0 Å². The van der Waals surface area contributed by atoms with E-state index in [0.717, 1.165) is 5.01 Å². The van der Waals surface area contributed by atoms with Crippen molar-refractivity contribution >= 4 is 23.2 Å². The van der Waals surface area contributed by atoms with Gasteiger partial charge in [-0.25, -0.2) is 0 Å².